The number of carbonyl (C=O) groups is 2. The molecule has 1 aliphatic rings. The third-order valence-corrected chi connectivity index (χ3v) is 4.82. The van der Waals surface area contributed by atoms with Gasteiger partial charge in [0.2, 0.25) is 5.91 Å². The van der Waals surface area contributed by atoms with Gasteiger partial charge in [0.15, 0.2) is 10.8 Å². The Morgan fingerprint density at radius 1 is 1.22 bits per heavy atom. The highest BCUT2D eigenvalue weighted by molar-refractivity contribution is 7.16. The lowest BCUT2D eigenvalue weighted by atomic mass is 10.1. The topological polar surface area (TPSA) is 66.7 Å². The van der Waals surface area contributed by atoms with Crippen LogP contribution < -0.4 is 0 Å². The highest BCUT2D eigenvalue weighted by Gasteiger charge is 2.27. The van der Waals surface area contributed by atoms with Crippen LogP contribution in [0.15, 0.2) is 29.0 Å². The summed E-state index contributed by atoms with van der Waals surface area (Å²) in [5, 5.41) is 0.701. The van der Waals surface area contributed by atoms with E-state index in [1.807, 2.05) is 24.8 Å². The maximum atomic E-state index is 12.6. The molecule has 0 aromatic carbocycles. The third-order valence-electron chi connectivity index (χ3n) is 3.82. The van der Waals surface area contributed by atoms with E-state index in [1.54, 1.807) is 23.4 Å². The largest absolute Gasteiger partial charge is 0.462 e. The number of nitrogens with zero attached hydrogens (tertiary/aromatic N) is 3. The molecule has 0 spiro atoms. The SMILES string of the molecule is CC(C)C(=O)N1CCN(C(=O)c2cnc(-c3ccco3)s2)CC1. The maximum Gasteiger partial charge on any atom is 0.265 e. The first-order chi connectivity index (χ1) is 11.1. The van der Waals surface area contributed by atoms with Gasteiger partial charge in [0.25, 0.3) is 5.91 Å². The minimum atomic E-state index is -0.0306. The summed E-state index contributed by atoms with van der Waals surface area (Å²) in [6.07, 6.45) is 3.18. The summed E-state index contributed by atoms with van der Waals surface area (Å²) in [6, 6.07) is 3.62. The molecule has 3 heterocycles. The zero-order chi connectivity index (χ0) is 16.4. The Kier molecular flexibility index (Phi) is 4.47. The van der Waals surface area contributed by atoms with Gasteiger partial charge in [-0.25, -0.2) is 4.98 Å². The zero-order valence-corrected chi connectivity index (χ0v) is 14.0. The molecule has 2 amide bonds. The van der Waals surface area contributed by atoms with E-state index in [9.17, 15) is 9.59 Å². The van der Waals surface area contributed by atoms with E-state index in [1.165, 1.54) is 11.3 Å². The molecule has 0 aliphatic carbocycles. The molecule has 23 heavy (non-hydrogen) atoms. The average Bonchev–Trinajstić information content (AvgIpc) is 3.24. The molecule has 0 radical (unpaired) electrons. The summed E-state index contributed by atoms with van der Waals surface area (Å²) in [4.78, 5) is 33.0. The van der Waals surface area contributed by atoms with Crippen molar-refractivity contribution in [2.45, 2.75) is 13.8 Å². The second-order valence-electron chi connectivity index (χ2n) is 5.78. The van der Waals surface area contributed by atoms with Crippen LogP contribution >= 0.6 is 11.3 Å². The van der Waals surface area contributed by atoms with Gasteiger partial charge in [0, 0.05) is 32.1 Å². The van der Waals surface area contributed by atoms with Crippen LogP contribution in [-0.4, -0.2) is 52.8 Å². The summed E-state index contributed by atoms with van der Waals surface area (Å²) in [5.41, 5.74) is 0. The van der Waals surface area contributed by atoms with Crippen molar-refractivity contribution in [3.8, 4) is 10.8 Å². The summed E-state index contributed by atoms with van der Waals surface area (Å²) in [5.74, 6) is 0.781. The van der Waals surface area contributed by atoms with E-state index in [0.29, 0.717) is 41.8 Å². The van der Waals surface area contributed by atoms with Crippen molar-refractivity contribution in [2.24, 2.45) is 5.92 Å². The number of aromatic nitrogens is 1. The molecule has 3 rings (SSSR count). The van der Waals surface area contributed by atoms with Gasteiger partial charge < -0.3 is 14.2 Å². The van der Waals surface area contributed by atoms with Gasteiger partial charge in [-0.05, 0) is 12.1 Å². The van der Waals surface area contributed by atoms with Gasteiger partial charge in [-0.1, -0.05) is 13.8 Å². The van der Waals surface area contributed by atoms with Crippen molar-refractivity contribution >= 4 is 23.2 Å². The predicted molar refractivity (Wildman–Crippen MR) is 87.1 cm³/mol. The summed E-state index contributed by atoms with van der Waals surface area (Å²) < 4.78 is 5.30. The normalized spacial score (nSPS) is 15.3. The van der Waals surface area contributed by atoms with Crippen LogP contribution in [0.4, 0.5) is 0 Å². The Morgan fingerprint density at radius 3 is 2.52 bits per heavy atom. The van der Waals surface area contributed by atoms with Crippen LogP contribution in [0.5, 0.6) is 0 Å². The Hall–Kier alpha value is -2.15. The van der Waals surface area contributed by atoms with Gasteiger partial charge in [-0.15, -0.1) is 11.3 Å². The molecule has 1 aliphatic heterocycles. The fourth-order valence-corrected chi connectivity index (χ4v) is 3.39. The van der Waals surface area contributed by atoms with E-state index >= 15 is 0 Å². The molecular weight excluding hydrogens is 314 g/mol. The highest BCUT2D eigenvalue weighted by Crippen LogP contribution is 2.26. The van der Waals surface area contributed by atoms with Gasteiger partial charge in [-0.3, -0.25) is 9.59 Å². The molecule has 6 nitrogen and oxygen atoms in total. The summed E-state index contributed by atoms with van der Waals surface area (Å²) >= 11 is 1.33. The molecule has 0 unspecified atom stereocenters. The summed E-state index contributed by atoms with van der Waals surface area (Å²) in [7, 11) is 0. The molecule has 0 bridgehead atoms. The number of hydrogen-bond donors (Lipinski definition) is 0. The molecule has 7 heteroatoms. The minimum Gasteiger partial charge on any atom is -0.462 e. The second-order valence-corrected chi connectivity index (χ2v) is 6.81. The first-order valence-electron chi connectivity index (χ1n) is 7.64. The molecular formula is C16H19N3O3S. The molecule has 1 fully saturated rings. The van der Waals surface area contributed by atoms with Gasteiger partial charge in [0.1, 0.15) is 4.88 Å². The van der Waals surface area contributed by atoms with Gasteiger partial charge in [-0.2, -0.15) is 0 Å². The lowest BCUT2D eigenvalue weighted by Crippen LogP contribution is -2.51. The number of carbonyl (C=O) groups excluding carboxylic acids is 2. The quantitative estimate of drug-likeness (QED) is 0.865. The zero-order valence-electron chi connectivity index (χ0n) is 13.2. The highest BCUT2D eigenvalue weighted by atomic mass is 32.1. The number of hydrogen-bond acceptors (Lipinski definition) is 5. The monoisotopic (exact) mass is 333 g/mol. The van der Waals surface area contributed by atoms with Crippen LogP contribution in [-0.2, 0) is 4.79 Å². The Morgan fingerprint density at radius 2 is 1.91 bits per heavy atom. The third kappa shape index (κ3) is 3.29. The van der Waals surface area contributed by atoms with Gasteiger partial charge in [0.05, 0.1) is 12.5 Å². The Bertz CT molecular complexity index is 685. The lowest BCUT2D eigenvalue weighted by Gasteiger charge is -2.35. The van der Waals surface area contributed by atoms with Crippen molar-refractivity contribution in [1.29, 1.82) is 0 Å². The van der Waals surface area contributed by atoms with Crippen LogP contribution in [0.3, 0.4) is 0 Å². The first kappa shape index (κ1) is 15.7. The number of thiazole rings is 1. The van der Waals surface area contributed by atoms with E-state index in [-0.39, 0.29) is 17.7 Å². The molecule has 0 N–H and O–H groups in total. The molecule has 2 aromatic heterocycles. The minimum absolute atomic E-state index is 0.00500. The van der Waals surface area contributed by atoms with Gasteiger partial charge >= 0.3 is 0 Å². The van der Waals surface area contributed by atoms with Crippen molar-refractivity contribution < 1.29 is 14.0 Å². The number of piperazine rings is 1. The summed E-state index contributed by atoms with van der Waals surface area (Å²) in [6.45, 7) is 6.09. The fourth-order valence-electron chi connectivity index (χ4n) is 2.54. The smallest absolute Gasteiger partial charge is 0.265 e. The molecule has 2 aromatic rings. The van der Waals surface area contributed by atoms with Crippen LogP contribution in [0.2, 0.25) is 0 Å². The number of rotatable bonds is 3. The Labute approximate surface area is 138 Å². The van der Waals surface area contributed by atoms with E-state index in [0.717, 1.165) is 0 Å². The fraction of sp³-hybridized carbons (Fsp3) is 0.438. The van der Waals surface area contributed by atoms with Crippen LogP contribution in [0.1, 0.15) is 23.5 Å². The second kappa shape index (κ2) is 6.54. The number of amides is 2. The van der Waals surface area contributed by atoms with Crippen molar-refractivity contribution in [3.05, 3.63) is 29.5 Å². The van der Waals surface area contributed by atoms with E-state index in [2.05, 4.69) is 4.98 Å². The Balaban J connectivity index is 1.63. The van der Waals surface area contributed by atoms with Crippen molar-refractivity contribution in [3.63, 3.8) is 0 Å². The van der Waals surface area contributed by atoms with E-state index < -0.39 is 0 Å². The molecule has 122 valence electrons. The molecule has 1 saturated heterocycles. The first-order valence-corrected chi connectivity index (χ1v) is 8.45. The lowest BCUT2D eigenvalue weighted by molar-refractivity contribution is -0.135. The molecule has 0 atom stereocenters. The number of furan rings is 1. The van der Waals surface area contributed by atoms with E-state index in [4.69, 9.17) is 4.42 Å². The standard InChI is InChI=1S/C16H19N3O3S/c1-11(2)15(20)18-5-7-19(8-6-18)16(21)13-10-17-14(23-13)12-4-3-9-22-12/h3-4,9-11H,5-8H2,1-2H3. The maximum absolute atomic E-state index is 12.6. The van der Waals surface area contributed by atoms with Crippen LogP contribution in [0.25, 0.3) is 10.8 Å². The van der Waals surface area contributed by atoms with Crippen molar-refractivity contribution in [2.75, 3.05) is 26.2 Å². The van der Waals surface area contributed by atoms with Crippen LogP contribution in [0, 0.1) is 5.92 Å². The molecule has 0 saturated carbocycles. The predicted octanol–water partition coefficient (Wildman–Crippen LogP) is 2.34. The average molecular weight is 333 g/mol. The van der Waals surface area contributed by atoms with Crippen molar-refractivity contribution in [1.82, 2.24) is 14.8 Å².